The lowest BCUT2D eigenvalue weighted by Crippen LogP contribution is -1.71. The first-order chi connectivity index (χ1) is 3.93. The minimum atomic E-state index is 1.19. The molecule has 1 aromatic heterocycles. The van der Waals surface area contributed by atoms with Crippen molar-refractivity contribution in [1.82, 2.24) is 4.37 Å². The molecule has 0 saturated heterocycles. The summed E-state index contributed by atoms with van der Waals surface area (Å²) in [6, 6.07) is 2.08. The monoisotopic (exact) mass is 127 g/mol. The highest BCUT2D eigenvalue weighted by Crippen LogP contribution is 2.05. The first kappa shape index (κ1) is 5.76. The molecule has 0 aliphatic heterocycles. The maximum absolute atomic E-state index is 3.98. The Morgan fingerprint density at radius 3 is 3.12 bits per heavy atom. The Kier molecular flexibility index (Phi) is 2.03. The second-order valence-corrected chi connectivity index (χ2v) is 2.65. The van der Waals surface area contributed by atoms with Crippen molar-refractivity contribution in [2.24, 2.45) is 0 Å². The van der Waals surface area contributed by atoms with Crippen LogP contribution in [0.1, 0.15) is 18.2 Å². The smallest absolute Gasteiger partial charge is 0.0409 e. The molecule has 2 heteroatoms. The Morgan fingerprint density at radius 2 is 2.62 bits per heavy atom. The van der Waals surface area contributed by atoms with E-state index in [1.165, 1.54) is 17.7 Å². The van der Waals surface area contributed by atoms with Gasteiger partial charge in [-0.3, -0.25) is 0 Å². The van der Waals surface area contributed by atoms with Gasteiger partial charge in [-0.1, -0.05) is 13.3 Å². The molecule has 0 bridgehead atoms. The van der Waals surface area contributed by atoms with E-state index < -0.39 is 0 Å². The van der Waals surface area contributed by atoms with E-state index in [0.717, 1.165) is 0 Å². The quantitative estimate of drug-likeness (QED) is 0.593. The van der Waals surface area contributed by atoms with E-state index in [4.69, 9.17) is 0 Å². The van der Waals surface area contributed by atoms with Crippen LogP contribution in [0, 0.1) is 0 Å². The summed E-state index contributed by atoms with van der Waals surface area (Å²) in [4.78, 5) is 1.40. The standard InChI is InChI=1S/C6H9NS/c1-2-3-6-4-5-7-8-6/h4-5H,2-3H2,1H3. The Morgan fingerprint density at radius 1 is 1.75 bits per heavy atom. The summed E-state index contributed by atoms with van der Waals surface area (Å²) in [5.74, 6) is 0. The fourth-order valence-corrected chi connectivity index (χ4v) is 1.29. The van der Waals surface area contributed by atoms with Crippen molar-refractivity contribution in [3.63, 3.8) is 0 Å². The number of nitrogens with zero attached hydrogens (tertiary/aromatic N) is 1. The van der Waals surface area contributed by atoms with Crippen molar-refractivity contribution in [3.8, 4) is 0 Å². The van der Waals surface area contributed by atoms with Gasteiger partial charge in [0.1, 0.15) is 0 Å². The molecule has 0 unspecified atom stereocenters. The van der Waals surface area contributed by atoms with E-state index >= 15 is 0 Å². The molecule has 0 aliphatic carbocycles. The van der Waals surface area contributed by atoms with Crippen LogP contribution < -0.4 is 0 Å². The highest BCUT2D eigenvalue weighted by molar-refractivity contribution is 7.05. The molecule has 0 amide bonds. The first-order valence-corrected chi connectivity index (χ1v) is 3.60. The van der Waals surface area contributed by atoms with E-state index in [-0.39, 0.29) is 0 Å². The third kappa shape index (κ3) is 1.30. The SMILES string of the molecule is CCCc1ccns1. The van der Waals surface area contributed by atoms with Crippen molar-refractivity contribution in [1.29, 1.82) is 0 Å². The van der Waals surface area contributed by atoms with Gasteiger partial charge in [0.15, 0.2) is 0 Å². The molecule has 1 rings (SSSR count). The lowest BCUT2D eigenvalue weighted by Gasteiger charge is -1.84. The molecular formula is C6H9NS. The molecule has 1 heterocycles. The number of hydrogen-bond acceptors (Lipinski definition) is 2. The van der Waals surface area contributed by atoms with E-state index in [1.54, 1.807) is 11.5 Å². The van der Waals surface area contributed by atoms with Crippen molar-refractivity contribution in [3.05, 3.63) is 17.1 Å². The largest absolute Gasteiger partial charge is 0.201 e. The maximum atomic E-state index is 3.98. The lowest BCUT2D eigenvalue weighted by molar-refractivity contribution is 0.940. The second-order valence-electron chi connectivity index (χ2n) is 1.73. The zero-order chi connectivity index (χ0) is 5.82. The van der Waals surface area contributed by atoms with Crippen LogP contribution in [0.3, 0.4) is 0 Å². The van der Waals surface area contributed by atoms with Crippen LogP contribution in [0.25, 0.3) is 0 Å². The van der Waals surface area contributed by atoms with Gasteiger partial charge in [0.25, 0.3) is 0 Å². The van der Waals surface area contributed by atoms with Gasteiger partial charge in [-0.25, -0.2) is 4.37 Å². The Hall–Kier alpha value is -0.370. The molecule has 1 aromatic rings. The highest BCUT2D eigenvalue weighted by Gasteiger charge is 1.88. The summed E-state index contributed by atoms with van der Waals surface area (Å²) in [6.45, 7) is 2.18. The summed E-state index contributed by atoms with van der Waals surface area (Å²) in [7, 11) is 0. The van der Waals surface area contributed by atoms with Crippen LogP contribution in [-0.4, -0.2) is 4.37 Å². The van der Waals surface area contributed by atoms with Crippen molar-refractivity contribution in [2.75, 3.05) is 0 Å². The van der Waals surface area contributed by atoms with Gasteiger partial charge in [0.2, 0.25) is 0 Å². The van der Waals surface area contributed by atoms with Gasteiger partial charge >= 0.3 is 0 Å². The summed E-state index contributed by atoms with van der Waals surface area (Å²) < 4.78 is 3.98. The molecule has 0 spiro atoms. The van der Waals surface area contributed by atoms with E-state index in [0.29, 0.717) is 0 Å². The van der Waals surface area contributed by atoms with E-state index in [9.17, 15) is 0 Å². The van der Waals surface area contributed by atoms with E-state index in [1.807, 2.05) is 6.20 Å². The van der Waals surface area contributed by atoms with Gasteiger partial charge in [-0.15, -0.1) is 0 Å². The fraction of sp³-hybridized carbons (Fsp3) is 0.500. The molecule has 0 aliphatic rings. The molecular weight excluding hydrogens is 118 g/mol. The van der Waals surface area contributed by atoms with Crippen LogP contribution >= 0.6 is 11.5 Å². The predicted octanol–water partition coefficient (Wildman–Crippen LogP) is 2.10. The molecule has 44 valence electrons. The minimum absolute atomic E-state index is 1.19. The average molecular weight is 127 g/mol. The number of aryl methyl sites for hydroxylation is 1. The third-order valence-electron chi connectivity index (χ3n) is 0.988. The van der Waals surface area contributed by atoms with Crippen LogP contribution in [0.5, 0.6) is 0 Å². The molecule has 0 N–H and O–H groups in total. The first-order valence-electron chi connectivity index (χ1n) is 2.83. The molecule has 0 atom stereocenters. The number of hydrogen-bond donors (Lipinski definition) is 0. The summed E-state index contributed by atoms with van der Waals surface area (Å²) in [5, 5.41) is 0. The zero-order valence-corrected chi connectivity index (χ0v) is 5.74. The van der Waals surface area contributed by atoms with Crippen molar-refractivity contribution >= 4 is 11.5 Å². The van der Waals surface area contributed by atoms with Gasteiger partial charge in [-0.05, 0) is 24.0 Å². The molecule has 1 nitrogen and oxygen atoms in total. The van der Waals surface area contributed by atoms with Crippen LogP contribution in [-0.2, 0) is 6.42 Å². The van der Waals surface area contributed by atoms with Crippen LogP contribution in [0.15, 0.2) is 12.3 Å². The predicted molar refractivity (Wildman–Crippen MR) is 36.1 cm³/mol. The van der Waals surface area contributed by atoms with Crippen LogP contribution in [0.2, 0.25) is 0 Å². The van der Waals surface area contributed by atoms with E-state index in [2.05, 4.69) is 17.4 Å². The minimum Gasteiger partial charge on any atom is -0.201 e. The number of aromatic nitrogens is 1. The van der Waals surface area contributed by atoms with Gasteiger partial charge in [-0.2, -0.15) is 0 Å². The topological polar surface area (TPSA) is 12.9 Å². The molecule has 0 aromatic carbocycles. The van der Waals surface area contributed by atoms with Crippen LogP contribution in [0.4, 0.5) is 0 Å². The average Bonchev–Trinajstić information content (AvgIpc) is 2.19. The molecule has 0 radical (unpaired) electrons. The second kappa shape index (κ2) is 2.82. The highest BCUT2D eigenvalue weighted by atomic mass is 32.1. The maximum Gasteiger partial charge on any atom is 0.0409 e. The van der Waals surface area contributed by atoms with Gasteiger partial charge < -0.3 is 0 Å². The lowest BCUT2D eigenvalue weighted by atomic mass is 10.3. The molecule has 8 heavy (non-hydrogen) atoms. The third-order valence-corrected chi connectivity index (χ3v) is 1.79. The zero-order valence-electron chi connectivity index (χ0n) is 4.92. The Balaban J connectivity index is 2.50. The van der Waals surface area contributed by atoms with Crippen molar-refractivity contribution in [2.45, 2.75) is 19.8 Å². The Labute approximate surface area is 53.5 Å². The summed E-state index contributed by atoms with van der Waals surface area (Å²) >= 11 is 1.60. The fourth-order valence-electron chi connectivity index (χ4n) is 0.617. The summed E-state index contributed by atoms with van der Waals surface area (Å²) in [6.07, 6.45) is 4.27. The Bertz CT molecular complexity index is 134. The van der Waals surface area contributed by atoms with Crippen molar-refractivity contribution < 1.29 is 0 Å². The molecule has 0 fully saturated rings. The van der Waals surface area contributed by atoms with Gasteiger partial charge in [0.05, 0.1) is 0 Å². The molecule has 0 saturated carbocycles. The normalized spacial score (nSPS) is 9.62. The number of rotatable bonds is 2. The summed E-state index contributed by atoms with van der Waals surface area (Å²) in [5.41, 5.74) is 0. The van der Waals surface area contributed by atoms with Gasteiger partial charge in [0, 0.05) is 11.1 Å².